The summed E-state index contributed by atoms with van der Waals surface area (Å²) >= 11 is 0. The zero-order chi connectivity index (χ0) is 18.9. The van der Waals surface area contributed by atoms with Crippen LogP contribution in [0.4, 0.5) is 5.69 Å². The van der Waals surface area contributed by atoms with Crippen LogP contribution in [0, 0.1) is 0 Å². The van der Waals surface area contributed by atoms with E-state index in [1.165, 1.54) is 6.20 Å². The summed E-state index contributed by atoms with van der Waals surface area (Å²) in [5.74, 6) is 0.660. The van der Waals surface area contributed by atoms with Crippen molar-refractivity contribution in [1.29, 1.82) is 0 Å². The maximum atomic E-state index is 13.4. The summed E-state index contributed by atoms with van der Waals surface area (Å²) in [4.78, 5) is 6.93. The number of fused-ring (bicyclic) bond motifs is 1. The van der Waals surface area contributed by atoms with Gasteiger partial charge in [-0.2, -0.15) is 0 Å². The highest BCUT2D eigenvalue weighted by Gasteiger charge is 2.27. The molecular formula is C20H20N2O4S. The molecule has 3 aromatic rings. The number of methoxy groups -OCH3 is 1. The maximum absolute atomic E-state index is 13.4. The van der Waals surface area contributed by atoms with Crippen molar-refractivity contribution in [2.75, 3.05) is 38.3 Å². The molecule has 0 aliphatic carbocycles. The van der Waals surface area contributed by atoms with Gasteiger partial charge >= 0.3 is 0 Å². The Morgan fingerprint density at radius 1 is 1.07 bits per heavy atom. The largest absolute Gasteiger partial charge is 0.497 e. The Hall–Kier alpha value is -2.64. The Morgan fingerprint density at radius 2 is 1.81 bits per heavy atom. The van der Waals surface area contributed by atoms with Gasteiger partial charge in [-0.3, -0.25) is 4.98 Å². The normalized spacial score (nSPS) is 15.1. The number of benzene rings is 2. The van der Waals surface area contributed by atoms with Crippen LogP contribution in [0.15, 0.2) is 64.5 Å². The van der Waals surface area contributed by atoms with Crippen LogP contribution in [-0.4, -0.2) is 46.8 Å². The van der Waals surface area contributed by atoms with Crippen molar-refractivity contribution in [3.05, 3.63) is 54.7 Å². The first-order valence-corrected chi connectivity index (χ1v) is 10.2. The molecule has 0 amide bonds. The number of hydrogen-bond donors (Lipinski definition) is 0. The van der Waals surface area contributed by atoms with E-state index in [9.17, 15) is 8.42 Å². The van der Waals surface area contributed by atoms with Crippen molar-refractivity contribution >= 4 is 26.4 Å². The lowest BCUT2D eigenvalue weighted by atomic mass is 10.1. The Morgan fingerprint density at radius 3 is 2.52 bits per heavy atom. The molecule has 2 aromatic carbocycles. The van der Waals surface area contributed by atoms with E-state index in [0.717, 1.165) is 10.9 Å². The van der Waals surface area contributed by atoms with Crippen LogP contribution in [0.25, 0.3) is 10.9 Å². The monoisotopic (exact) mass is 384 g/mol. The number of ether oxygens (including phenoxy) is 2. The smallest absolute Gasteiger partial charge is 0.210 e. The Labute approximate surface area is 158 Å². The molecule has 7 heteroatoms. The van der Waals surface area contributed by atoms with Crippen molar-refractivity contribution < 1.29 is 17.9 Å². The Balaban J connectivity index is 1.99. The number of morpholine rings is 1. The summed E-state index contributed by atoms with van der Waals surface area (Å²) < 4.78 is 37.5. The van der Waals surface area contributed by atoms with Crippen LogP contribution < -0.4 is 9.64 Å². The third-order valence-corrected chi connectivity index (χ3v) is 6.45. The highest BCUT2D eigenvalue weighted by Crippen LogP contribution is 2.37. The molecule has 140 valence electrons. The van der Waals surface area contributed by atoms with Gasteiger partial charge in [0.2, 0.25) is 9.84 Å². The van der Waals surface area contributed by atoms with E-state index in [-0.39, 0.29) is 9.79 Å². The van der Waals surface area contributed by atoms with Gasteiger partial charge in [0.15, 0.2) is 0 Å². The van der Waals surface area contributed by atoms with E-state index in [4.69, 9.17) is 9.47 Å². The molecule has 1 aliphatic heterocycles. The fourth-order valence-electron chi connectivity index (χ4n) is 3.30. The summed E-state index contributed by atoms with van der Waals surface area (Å²) in [6, 6.07) is 14.0. The number of sulfone groups is 1. The first-order chi connectivity index (χ1) is 13.1. The molecule has 27 heavy (non-hydrogen) atoms. The maximum Gasteiger partial charge on any atom is 0.210 e. The van der Waals surface area contributed by atoms with Crippen LogP contribution >= 0.6 is 0 Å². The molecule has 0 N–H and O–H groups in total. The molecule has 6 nitrogen and oxygen atoms in total. The van der Waals surface area contributed by atoms with Gasteiger partial charge in [-0.25, -0.2) is 8.42 Å². The fraction of sp³-hybridized carbons (Fsp3) is 0.250. The standard InChI is InChI=1S/C20H20N2O4S/c1-25-15-7-8-18-17(13-15)20(22-9-11-26-12-10-22)19(14-21-18)27(23,24)16-5-3-2-4-6-16/h2-8,13-14H,9-12H2,1H3. The fourth-order valence-corrected chi connectivity index (χ4v) is 4.76. The van der Waals surface area contributed by atoms with Gasteiger partial charge in [0.1, 0.15) is 10.6 Å². The van der Waals surface area contributed by atoms with Crippen LogP contribution in [0.1, 0.15) is 0 Å². The van der Waals surface area contributed by atoms with Gasteiger partial charge in [0, 0.05) is 24.7 Å². The summed E-state index contributed by atoms with van der Waals surface area (Å²) in [6.07, 6.45) is 1.46. The average Bonchev–Trinajstić information content (AvgIpc) is 2.73. The molecule has 0 unspecified atom stereocenters. The van der Waals surface area contributed by atoms with Gasteiger partial charge < -0.3 is 14.4 Å². The second-order valence-electron chi connectivity index (χ2n) is 6.27. The van der Waals surface area contributed by atoms with Gasteiger partial charge in [0.05, 0.1) is 36.4 Å². The molecular weight excluding hydrogens is 364 g/mol. The quantitative estimate of drug-likeness (QED) is 0.689. The van der Waals surface area contributed by atoms with E-state index < -0.39 is 9.84 Å². The molecule has 2 heterocycles. The van der Waals surface area contributed by atoms with Gasteiger partial charge in [-0.15, -0.1) is 0 Å². The molecule has 0 radical (unpaired) electrons. The molecule has 4 rings (SSSR count). The molecule has 0 saturated carbocycles. The Kier molecular flexibility index (Phi) is 4.72. The van der Waals surface area contributed by atoms with Crippen molar-refractivity contribution in [2.24, 2.45) is 0 Å². The predicted molar refractivity (Wildman–Crippen MR) is 103 cm³/mol. The van der Waals surface area contributed by atoms with Gasteiger partial charge in [-0.05, 0) is 30.3 Å². The second kappa shape index (κ2) is 7.17. The molecule has 1 aliphatic rings. The lowest BCUT2D eigenvalue weighted by Crippen LogP contribution is -2.37. The van der Waals surface area contributed by atoms with Crippen LogP contribution in [-0.2, 0) is 14.6 Å². The molecule has 1 saturated heterocycles. The summed E-state index contributed by atoms with van der Waals surface area (Å²) in [7, 11) is -2.12. The molecule has 1 fully saturated rings. The Bertz CT molecular complexity index is 1060. The van der Waals surface area contributed by atoms with E-state index >= 15 is 0 Å². The lowest BCUT2D eigenvalue weighted by Gasteiger charge is -2.31. The molecule has 0 atom stereocenters. The number of anilines is 1. The van der Waals surface area contributed by atoms with E-state index in [0.29, 0.717) is 37.7 Å². The van der Waals surface area contributed by atoms with E-state index in [1.807, 2.05) is 18.2 Å². The van der Waals surface area contributed by atoms with Crippen molar-refractivity contribution in [3.63, 3.8) is 0 Å². The third kappa shape index (κ3) is 3.24. The number of hydrogen-bond acceptors (Lipinski definition) is 6. The van der Waals surface area contributed by atoms with E-state index in [2.05, 4.69) is 9.88 Å². The molecule has 1 aromatic heterocycles. The minimum Gasteiger partial charge on any atom is -0.497 e. The molecule has 0 spiro atoms. The summed E-state index contributed by atoms with van der Waals surface area (Å²) in [5.41, 5.74) is 1.38. The van der Waals surface area contributed by atoms with Crippen molar-refractivity contribution in [3.8, 4) is 5.75 Å². The predicted octanol–water partition coefficient (Wildman–Crippen LogP) is 2.91. The van der Waals surface area contributed by atoms with E-state index in [1.54, 1.807) is 37.4 Å². The zero-order valence-electron chi connectivity index (χ0n) is 15.0. The van der Waals surface area contributed by atoms with Gasteiger partial charge in [0.25, 0.3) is 0 Å². The topological polar surface area (TPSA) is 68.7 Å². The number of rotatable bonds is 4. The van der Waals surface area contributed by atoms with Crippen molar-refractivity contribution in [2.45, 2.75) is 9.79 Å². The average molecular weight is 384 g/mol. The first-order valence-electron chi connectivity index (χ1n) is 8.71. The molecule has 0 bridgehead atoms. The minimum atomic E-state index is -3.72. The van der Waals surface area contributed by atoms with Crippen LogP contribution in [0.2, 0.25) is 0 Å². The summed E-state index contributed by atoms with van der Waals surface area (Å²) in [5, 5.41) is 0.758. The SMILES string of the molecule is COc1ccc2ncc(S(=O)(=O)c3ccccc3)c(N3CCOCC3)c2c1. The lowest BCUT2D eigenvalue weighted by molar-refractivity contribution is 0.122. The van der Waals surface area contributed by atoms with Gasteiger partial charge in [-0.1, -0.05) is 18.2 Å². The number of nitrogens with zero attached hydrogens (tertiary/aromatic N) is 2. The summed E-state index contributed by atoms with van der Waals surface area (Å²) in [6.45, 7) is 2.35. The van der Waals surface area contributed by atoms with Crippen LogP contribution in [0.3, 0.4) is 0 Å². The van der Waals surface area contributed by atoms with Crippen molar-refractivity contribution in [1.82, 2.24) is 4.98 Å². The number of pyridine rings is 1. The number of aromatic nitrogens is 1. The second-order valence-corrected chi connectivity index (χ2v) is 8.19. The highest BCUT2D eigenvalue weighted by atomic mass is 32.2. The zero-order valence-corrected chi connectivity index (χ0v) is 15.8. The van der Waals surface area contributed by atoms with Crippen LogP contribution in [0.5, 0.6) is 5.75 Å². The third-order valence-electron chi connectivity index (χ3n) is 4.68. The first kappa shape index (κ1) is 17.8. The highest BCUT2D eigenvalue weighted by molar-refractivity contribution is 7.91. The minimum absolute atomic E-state index is 0.205.